The molecule has 1 aliphatic carbocycles. The molecule has 1 amide bonds. The third kappa shape index (κ3) is 2.50. The lowest BCUT2D eigenvalue weighted by Crippen LogP contribution is -2.29. The van der Waals surface area contributed by atoms with Crippen LogP contribution < -0.4 is 0 Å². The minimum Gasteiger partial charge on any atom is -0.389 e. The summed E-state index contributed by atoms with van der Waals surface area (Å²) in [5.74, 6) is 0.189. The second kappa shape index (κ2) is 5.30. The molecule has 1 atom stereocenters. The topological polar surface area (TPSA) is 78.5 Å². The summed E-state index contributed by atoms with van der Waals surface area (Å²) < 4.78 is 0. The molecule has 1 saturated heterocycles. The van der Waals surface area contributed by atoms with Crippen LogP contribution in [-0.2, 0) is 4.84 Å². The van der Waals surface area contributed by atoms with Crippen LogP contribution in [0.4, 0.5) is 0 Å². The highest BCUT2D eigenvalue weighted by molar-refractivity contribution is 5.94. The largest absolute Gasteiger partial charge is 0.389 e. The van der Waals surface area contributed by atoms with Gasteiger partial charge < -0.3 is 5.11 Å². The van der Waals surface area contributed by atoms with E-state index >= 15 is 0 Å². The van der Waals surface area contributed by atoms with Crippen molar-refractivity contribution in [3.05, 3.63) is 17.5 Å². The van der Waals surface area contributed by atoms with E-state index in [-0.39, 0.29) is 19.1 Å². The van der Waals surface area contributed by atoms with E-state index in [4.69, 9.17) is 4.84 Å². The van der Waals surface area contributed by atoms with Gasteiger partial charge in [-0.1, -0.05) is 19.3 Å². The number of nitrogens with one attached hydrogen (secondary N) is 1. The van der Waals surface area contributed by atoms with Crippen molar-refractivity contribution >= 4 is 5.91 Å². The van der Waals surface area contributed by atoms with Gasteiger partial charge in [-0.2, -0.15) is 5.10 Å². The molecule has 1 aromatic rings. The number of carbonyl (C=O) groups excluding carboxylic acids is 1. The van der Waals surface area contributed by atoms with Crippen LogP contribution in [-0.4, -0.2) is 45.5 Å². The molecule has 3 rings (SSSR count). The number of amides is 1. The molecule has 104 valence electrons. The molecular weight excluding hydrogens is 246 g/mol. The Morgan fingerprint density at radius 2 is 2.21 bits per heavy atom. The van der Waals surface area contributed by atoms with E-state index in [2.05, 4.69) is 10.2 Å². The average Bonchev–Trinajstić information content (AvgIpc) is 3.07. The number of aromatic amines is 1. The summed E-state index contributed by atoms with van der Waals surface area (Å²) >= 11 is 0. The number of aromatic nitrogens is 2. The summed E-state index contributed by atoms with van der Waals surface area (Å²) in [4.78, 5) is 17.5. The second-order valence-corrected chi connectivity index (χ2v) is 5.35. The zero-order valence-corrected chi connectivity index (χ0v) is 10.8. The van der Waals surface area contributed by atoms with Crippen LogP contribution in [0.25, 0.3) is 0 Å². The molecule has 0 bridgehead atoms. The molecule has 0 radical (unpaired) electrons. The average molecular weight is 265 g/mol. The minimum atomic E-state index is -0.589. The highest BCUT2D eigenvalue weighted by Gasteiger charge is 2.31. The van der Waals surface area contributed by atoms with Crippen LogP contribution in [0, 0.1) is 0 Å². The van der Waals surface area contributed by atoms with Crippen molar-refractivity contribution in [2.45, 2.75) is 44.1 Å². The fourth-order valence-electron chi connectivity index (χ4n) is 2.92. The molecular formula is C13H19N3O3. The van der Waals surface area contributed by atoms with Crippen LogP contribution >= 0.6 is 0 Å². The summed E-state index contributed by atoms with van der Waals surface area (Å²) in [7, 11) is 0. The van der Waals surface area contributed by atoms with Gasteiger partial charge in [0, 0.05) is 5.92 Å². The number of hydrogen-bond donors (Lipinski definition) is 2. The van der Waals surface area contributed by atoms with E-state index in [1.165, 1.54) is 24.3 Å². The first kappa shape index (κ1) is 12.6. The van der Waals surface area contributed by atoms with Crippen molar-refractivity contribution in [2.24, 2.45) is 0 Å². The number of hydroxylamine groups is 2. The van der Waals surface area contributed by atoms with Gasteiger partial charge >= 0.3 is 0 Å². The standard InChI is InChI=1S/C13H19N3O3/c17-10-7-16(19-8-10)13(18)11-6-14-15-12(11)9-4-2-1-3-5-9/h6,9-10,17H,1-5,7-8H2,(H,14,15)/t10-/m1/s1. The first-order chi connectivity index (χ1) is 9.25. The molecule has 2 aliphatic rings. The Balaban J connectivity index is 1.77. The van der Waals surface area contributed by atoms with Crippen LogP contribution in [0.2, 0.25) is 0 Å². The zero-order chi connectivity index (χ0) is 13.2. The highest BCUT2D eigenvalue weighted by Crippen LogP contribution is 2.33. The summed E-state index contributed by atoms with van der Waals surface area (Å²) in [5.41, 5.74) is 1.51. The SMILES string of the molecule is O=C(c1cn[nH]c1C1CCCCC1)N1C[C@@H](O)CO1. The van der Waals surface area contributed by atoms with Crippen molar-refractivity contribution in [2.75, 3.05) is 13.2 Å². The first-order valence-electron chi connectivity index (χ1n) is 6.92. The van der Waals surface area contributed by atoms with Gasteiger partial charge in [-0.05, 0) is 12.8 Å². The highest BCUT2D eigenvalue weighted by atomic mass is 16.7. The van der Waals surface area contributed by atoms with Gasteiger partial charge in [0.15, 0.2) is 0 Å². The molecule has 6 heteroatoms. The van der Waals surface area contributed by atoms with Gasteiger partial charge in [0.25, 0.3) is 5.91 Å². The van der Waals surface area contributed by atoms with E-state index in [0.717, 1.165) is 18.5 Å². The third-order valence-electron chi connectivity index (χ3n) is 3.94. The van der Waals surface area contributed by atoms with Crippen molar-refractivity contribution in [3.8, 4) is 0 Å². The number of hydrogen-bond acceptors (Lipinski definition) is 4. The molecule has 6 nitrogen and oxygen atoms in total. The maximum Gasteiger partial charge on any atom is 0.280 e. The van der Waals surface area contributed by atoms with Crippen LogP contribution in [0.5, 0.6) is 0 Å². The lowest BCUT2D eigenvalue weighted by Gasteiger charge is -2.22. The van der Waals surface area contributed by atoms with Crippen LogP contribution in [0.15, 0.2) is 6.20 Å². The number of aliphatic hydroxyl groups excluding tert-OH is 1. The van der Waals surface area contributed by atoms with Crippen molar-refractivity contribution in [1.82, 2.24) is 15.3 Å². The third-order valence-corrected chi connectivity index (χ3v) is 3.94. The molecule has 1 saturated carbocycles. The molecule has 2 N–H and O–H groups in total. The van der Waals surface area contributed by atoms with E-state index in [1.54, 1.807) is 6.20 Å². The molecule has 1 aromatic heterocycles. The normalized spacial score (nSPS) is 24.9. The van der Waals surface area contributed by atoms with E-state index in [1.807, 2.05) is 0 Å². The summed E-state index contributed by atoms with van der Waals surface area (Å²) in [5, 5.41) is 17.7. The van der Waals surface area contributed by atoms with Gasteiger partial charge in [-0.3, -0.25) is 14.7 Å². The monoisotopic (exact) mass is 265 g/mol. The predicted octanol–water partition coefficient (Wildman–Crippen LogP) is 1.21. The minimum absolute atomic E-state index is 0.183. The molecule has 0 unspecified atom stereocenters. The lowest BCUT2D eigenvalue weighted by atomic mass is 9.85. The molecule has 0 aromatic carbocycles. The van der Waals surface area contributed by atoms with Gasteiger partial charge in [0.05, 0.1) is 24.0 Å². The van der Waals surface area contributed by atoms with Gasteiger partial charge in [0.1, 0.15) is 12.7 Å². The number of rotatable bonds is 2. The van der Waals surface area contributed by atoms with Crippen LogP contribution in [0.1, 0.15) is 54.1 Å². The van der Waals surface area contributed by atoms with Crippen molar-refractivity contribution in [1.29, 1.82) is 0 Å². The molecule has 2 fully saturated rings. The Morgan fingerprint density at radius 1 is 1.42 bits per heavy atom. The number of nitrogens with zero attached hydrogens (tertiary/aromatic N) is 2. The quantitative estimate of drug-likeness (QED) is 0.842. The maximum absolute atomic E-state index is 12.3. The van der Waals surface area contributed by atoms with Crippen LogP contribution in [0.3, 0.4) is 0 Å². The Bertz CT molecular complexity index is 454. The van der Waals surface area contributed by atoms with E-state index in [0.29, 0.717) is 11.5 Å². The second-order valence-electron chi connectivity index (χ2n) is 5.35. The van der Waals surface area contributed by atoms with Gasteiger partial charge in [-0.25, -0.2) is 5.06 Å². The molecule has 19 heavy (non-hydrogen) atoms. The maximum atomic E-state index is 12.3. The van der Waals surface area contributed by atoms with E-state index in [9.17, 15) is 9.90 Å². The van der Waals surface area contributed by atoms with Gasteiger partial charge in [0.2, 0.25) is 0 Å². The Labute approximate surface area is 111 Å². The smallest absolute Gasteiger partial charge is 0.280 e. The Kier molecular flexibility index (Phi) is 3.52. The summed E-state index contributed by atoms with van der Waals surface area (Å²) in [6.45, 7) is 0.413. The predicted molar refractivity (Wildman–Crippen MR) is 67.4 cm³/mol. The molecule has 1 aliphatic heterocycles. The first-order valence-corrected chi connectivity index (χ1v) is 6.92. The number of β-amino-alcohol motifs (C(OH)–C–C–N with tert-alkyl or cyclic N) is 1. The molecule has 2 heterocycles. The zero-order valence-electron chi connectivity index (χ0n) is 10.8. The Morgan fingerprint density at radius 3 is 2.89 bits per heavy atom. The fraction of sp³-hybridized carbons (Fsp3) is 0.692. The summed E-state index contributed by atoms with van der Waals surface area (Å²) in [6.07, 6.45) is 6.87. The Hall–Kier alpha value is -1.40. The molecule has 0 spiro atoms. The fourth-order valence-corrected chi connectivity index (χ4v) is 2.92. The number of aliphatic hydroxyl groups is 1. The number of H-pyrrole nitrogens is 1. The number of carbonyl (C=O) groups is 1. The van der Waals surface area contributed by atoms with Gasteiger partial charge in [-0.15, -0.1) is 0 Å². The van der Waals surface area contributed by atoms with E-state index < -0.39 is 6.10 Å². The van der Waals surface area contributed by atoms with Crippen molar-refractivity contribution in [3.63, 3.8) is 0 Å². The van der Waals surface area contributed by atoms with Crippen molar-refractivity contribution < 1.29 is 14.7 Å². The summed E-state index contributed by atoms with van der Waals surface area (Å²) in [6, 6.07) is 0. The lowest BCUT2D eigenvalue weighted by molar-refractivity contribution is -0.0780.